The van der Waals surface area contributed by atoms with Gasteiger partial charge in [0.25, 0.3) is 0 Å². The van der Waals surface area contributed by atoms with E-state index < -0.39 is 17.5 Å². The van der Waals surface area contributed by atoms with Crippen molar-refractivity contribution in [1.82, 2.24) is 10.2 Å². The Labute approximate surface area is 207 Å². The zero-order chi connectivity index (χ0) is 25.6. The first-order valence-corrected chi connectivity index (χ1v) is 12.2. The Morgan fingerprint density at radius 1 is 1.03 bits per heavy atom. The van der Waals surface area contributed by atoms with E-state index in [0.717, 1.165) is 11.1 Å². The van der Waals surface area contributed by atoms with Crippen molar-refractivity contribution in [3.05, 3.63) is 59.7 Å². The molecule has 2 N–H and O–H groups in total. The summed E-state index contributed by atoms with van der Waals surface area (Å²) in [5, 5.41) is 11.7. The number of carboxylic acid groups (broad SMARTS) is 1. The lowest BCUT2D eigenvalue weighted by Crippen LogP contribution is -2.46. The first-order valence-electron chi connectivity index (χ1n) is 12.2. The van der Waals surface area contributed by atoms with Crippen LogP contribution in [0.25, 0.3) is 11.1 Å². The second kappa shape index (κ2) is 11.4. The number of amides is 2. The van der Waals surface area contributed by atoms with E-state index in [1.807, 2.05) is 52.0 Å². The van der Waals surface area contributed by atoms with E-state index in [0.29, 0.717) is 25.9 Å². The first-order chi connectivity index (χ1) is 16.6. The Kier molecular flexibility index (Phi) is 8.54. The maximum absolute atomic E-state index is 13.1. The highest BCUT2D eigenvalue weighted by molar-refractivity contribution is 5.82. The molecule has 3 rings (SSSR count). The summed E-state index contributed by atoms with van der Waals surface area (Å²) in [6.45, 7) is 8.48. The summed E-state index contributed by atoms with van der Waals surface area (Å²) in [6.07, 6.45) is 0.378. The molecule has 2 amide bonds. The van der Waals surface area contributed by atoms with E-state index in [1.54, 1.807) is 4.90 Å². The molecule has 0 saturated carbocycles. The van der Waals surface area contributed by atoms with E-state index in [4.69, 9.17) is 9.84 Å². The van der Waals surface area contributed by atoms with Gasteiger partial charge < -0.3 is 20.1 Å². The van der Waals surface area contributed by atoms with Gasteiger partial charge in [-0.3, -0.25) is 9.59 Å². The minimum atomic E-state index is -0.868. The number of carbonyl (C=O) groups is 3. The lowest BCUT2D eigenvalue weighted by Gasteiger charge is -2.34. The van der Waals surface area contributed by atoms with Gasteiger partial charge in [-0.05, 0) is 48.9 Å². The molecule has 1 aliphatic carbocycles. The van der Waals surface area contributed by atoms with Gasteiger partial charge in [0, 0.05) is 36.9 Å². The van der Waals surface area contributed by atoms with Crippen LogP contribution in [0.3, 0.4) is 0 Å². The van der Waals surface area contributed by atoms with Crippen molar-refractivity contribution in [2.45, 2.75) is 58.9 Å². The van der Waals surface area contributed by atoms with Crippen LogP contribution in [0.1, 0.15) is 64.0 Å². The minimum Gasteiger partial charge on any atom is -0.481 e. The molecule has 35 heavy (non-hydrogen) atoms. The lowest BCUT2D eigenvalue weighted by atomic mass is 9.87. The molecule has 0 aromatic heterocycles. The lowest BCUT2D eigenvalue weighted by molar-refractivity contribution is -0.143. The predicted octanol–water partition coefficient (Wildman–Crippen LogP) is 5.04. The number of nitrogens with one attached hydrogen (secondary N) is 1. The molecule has 2 aromatic rings. The summed E-state index contributed by atoms with van der Waals surface area (Å²) in [4.78, 5) is 38.1. The van der Waals surface area contributed by atoms with Crippen LogP contribution < -0.4 is 5.32 Å². The normalized spacial score (nSPS) is 12.7. The highest BCUT2D eigenvalue weighted by atomic mass is 16.5. The van der Waals surface area contributed by atoms with Crippen LogP contribution in [0, 0.1) is 5.41 Å². The number of hydrogen-bond acceptors (Lipinski definition) is 4. The maximum atomic E-state index is 13.1. The van der Waals surface area contributed by atoms with Gasteiger partial charge in [0.05, 0.1) is 0 Å². The molecule has 0 atom stereocenters. The van der Waals surface area contributed by atoms with Crippen LogP contribution in [-0.2, 0) is 14.3 Å². The van der Waals surface area contributed by atoms with Crippen molar-refractivity contribution in [2.24, 2.45) is 5.41 Å². The molecular formula is C28H36N2O5. The molecule has 0 radical (unpaired) electrons. The Morgan fingerprint density at radius 2 is 1.60 bits per heavy atom. The van der Waals surface area contributed by atoms with Crippen molar-refractivity contribution in [3.63, 3.8) is 0 Å². The third-order valence-corrected chi connectivity index (χ3v) is 6.62. The van der Waals surface area contributed by atoms with E-state index in [2.05, 4.69) is 29.6 Å². The molecule has 0 bridgehead atoms. The molecule has 0 aliphatic heterocycles. The van der Waals surface area contributed by atoms with Crippen LogP contribution in [0.15, 0.2) is 48.5 Å². The molecule has 0 spiro atoms. The fourth-order valence-electron chi connectivity index (χ4n) is 4.62. The minimum absolute atomic E-state index is 0.00317. The average Bonchev–Trinajstić information content (AvgIpc) is 3.13. The highest BCUT2D eigenvalue weighted by Crippen LogP contribution is 2.44. The van der Waals surface area contributed by atoms with Crippen molar-refractivity contribution in [3.8, 4) is 11.1 Å². The molecule has 7 nitrogen and oxygen atoms in total. The number of carbonyl (C=O) groups excluding carboxylic acids is 2. The predicted molar refractivity (Wildman–Crippen MR) is 135 cm³/mol. The average molecular weight is 481 g/mol. The monoisotopic (exact) mass is 480 g/mol. The number of hydrogen-bond donors (Lipinski definition) is 2. The molecule has 2 aromatic carbocycles. The summed E-state index contributed by atoms with van der Waals surface area (Å²) < 4.78 is 5.58. The summed E-state index contributed by atoms with van der Waals surface area (Å²) >= 11 is 0. The third kappa shape index (κ3) is 6.41. The van der Waals surface area contributed by atoms with Gasteiger partial charge in [-0.25, -0.2) is 4.79 Å². The Bertz CT molecular complexity index is 1020. The zero-order valence-electron chi connectivity index (χ0n) is 21.0. The Hall–Kier alpha value is -3.35. The molecule has 0 saturated heterocycles. The maximum Gasteiger partial charge on any atom is 0.407 e. The van der Waals surface area contributed by atoms with Crippen molar-refractivity contribution in [1.29, 1.82) is 0 Å². The first kappa shape index (κ1) is 26.3. The smallest absolute Gasteiger partial charge is 0.407 e. The summed E-state index contributed by atoms with van der Waals surface area (Å²) in [6, 6.07) is 16.3. The van der Waals surface area contributed by atoms with Gasteiger partial charge >= 0.3 is 12.1 Å². The number of ether oxygens (including phenoxy) is 1. The van der Waals surface area contributed by atoms with Crippen LogP contribution in [0.4, 0.5) is 4.79 Å². The van der Waals surface area contributed by atoms with Crippen molar-refractivity contribution < 1.29 is 24.2 Å². The second-order valence-electron chi connectivity index (χ2n) is 9.98. The van der Waals surface area contributed by atoms with Crippen LogP contribution in [0.5, 0.6) is 0 Å². The number of fused-ring (bicyclic) bond motifs is 3. The van der Waals surface area contributed by atoms with E-state index in [-0.39, 0.29) is 30.9 Å². The second-order valence-corrected chi connectivity index (χ2v) is 9.98. The number of nitrogens with zero attached hydrogens (tertiary/aromatic N) is 1. The van der Waals surface area contributed by atoms with Gasteiger partial charge in [0.1, 0.15) is 6.61 Å². The molecule has 0 unspecified atom stereocenters. The van der Waals surface area contributed by atoms with Gasteiger partial charge in [-0.1, -0.05) is 62.4 Å². The number of aliphatic carboxylic acids is 1. The topological polar surface area (TPSA) is 95.9 Å². The highest BCUT2D eigenvalue weighted by Gasteiger charge is 2.33. The molecular weight excluding hydrogens is 444 g/mol. The van der Waals surface area contributed by atoms with Crippen LogP contribution >= 0.6 is 0 Å². The summed E-state index contributed by atoms with van der Waals surface area (Å²) in [5.74, 6) is -0.920. The Balaban J connectivity index is 1.51. The largest absolute Gasteiger partial charge is 0.481 e. The summed E-state index contributed by atoms with van der Waals surface area (Å²) in [5.41, 5.74) is 3.96. The SMILES string of the molecule is CC(C)N(CCCC(=O)O)C(=O)C(C)(C)CCNC(=O)OCC1c2ccccc2-c2ccccc21. The van der Waals surface area contributed by atoms with Gasteiger partial charge in [0.15, 0.2) is 0 Å². The standard InChI is InChI=1S/C28H36N2O5/c1-19(2)30(17-9-14-25(31)32)26(33)28(3,4)15-16-29-27(34)35-18-24-22-12-7-5-10-20(22)21-11-6-8-13-23(21)24/h5-8,10-13,19,24H,9,14-18H2,1-4H3,(H,29,34)(H,31,32). The van der Waals surface area contributed by atoms with E-state index in [9.17, 15) is 14.4 Å². The number of alkyl carbamates (subject to hydrolysis) is 1. The fourth-order valence-corrected chi connectivity index (χ4v) is 4.62. The van der Waals surface area contributed by atoms with Gasteiger partial charge in [-0.15, -0.1) is 0 Å². The zero-order valence-corrected chi connectivity index (χ0v) is 21.0. The van der Waals surface area contributed by atoms with Crippen LogP contribution in [-0.4, -0.2) is 53.7 Å². The molecule has 188 valence electrons. The summed E-state index contributed by atoms with van der Waals surface area (Å²) in [7, 11) is 0. The van der Waals surface area contributed by atoms with E-state index >= 15 is 0 Å². The molecule has 1 aliphatic rings. The van der Waals surface area contributed by atoms with Crippen LogP contribution in [0.2, 0.25) is 0 Å². The number of rotatable bonds is 11. The quantitative estimate of drug-likeness (QED) is 0.470. The molecule has 7 heteroatoms. The third-order valence-electron chi connectivity index (χ3n) is 6.62. The molecule has 0 heterocycles. The van der Waals surface area contributed by atoms with Crippen molar-refractivity contribution >= 4 is 18.0 Å². The van der Waals surface area contributed by atoms with Crippen molar-refractivity contribution in [2.75, 3.05) is 19.7 Å². The Morgan fingerprint density at radius 3 is 2.14 bits per heavy atom. The number of benzene rings is 2. The fraction of sp³-hybridized carbons (Fsp3) is 0.464. The molecule has 0 fully saturated rings. The number of carboxylic acids is 1. The van der Waals surface area contributed by atoms with Gasteiger partial charge in [-0.2, -0.15) is 0 Å². The van der Waals surface area contributed by atoms with Gasteiger partial charge in [0.2, 0.25) is 5.91 Å². The van der Waals surface area contributed by atoms with E-state index in [1.165, 1.54) is 11.1 Å².